The molecule has 0 spiro atoms. The van der Waals surface area contributed by atoms with Gasteiger partial charge in [0.05, 0.1) is 6.54 Å². The van der Waals surface area contributed by atoms with Gasteiger partial charge in [-0.2, -0.15) is 0 Å². The van der Waals surface area contributed by atoms with Crippen LogP contribution >= 0.6 is 11.6 Å². The highest BCUT2D eigenvalue weighted by Gasteiger charge is 2.07. The van der Waals surface area contributed by atoms with E-state index in [4.69, 9.17) is 11.6 Å². The fourth-order valence-corrected chi connectivity index (χ4v) is 1.71. The number of rotatable bonds is 3. The molecule has 5 nitrogen and oxygen atoms in total. The maximum absolute atomic E-state index is 11.8. The Balaban J connectivity index is 2.42. The van der Waals surface area contributed by atoms with Crippen LogP contribution in [0.15, 0.2) is 29.3 Å². The van der Waals surface area contributed by atoms with Crippen LogP contribution in [0.5, 0.6) is 0 Å². The molecule has 0 radical (unpaired) electrons. The van der Waals surface area contributed by atoms with Crippen LogP contribution in [0.25, 0.3) is 0 Å². The van der Waals surface area contributed by atoms with Gasteiger partial charge in [-0.1, -0.05) is 18.5 Å². The Bertz CT molecular complexity index is 567. The minimum atomic E-state index is -0.186. The van der Waals surface area contributed by atoms with E-state index in [0.717, 1.165) is 0 Å². The molecule has 2 aromatic heterocycles. The van der Waals surface area contributed by atoms with E-state index in [1.807, 2.05) is 6.92 Å². The molecular weight excluding hydrogens is 240 g/mol. The van der Waals surface area contributed by atoms with Crippen molar-refractivity contribution in [3.63, 3.8) is 0 Å². The molecule has 88 valence electrons. The Labute approximate surface area is 103 Å². The van der Waals surface area contributed by atoms with E-state index in [1.165, 1.54) is 10.6 Å². The summed E-state index contributed by atoms with van der Waals surface area (Å²) in [6.45, 7) is 2.23. The third kappa shape index (κ3) is 2.68. The fourth-order valence-electron chi connectivity index (χ4n) is 1.52. The number of halogens is 1. The minimum Gasteiger partial charge on any atom is -0.289 e. The highest BCUT2D eigenvalue weighted by molar-refractivity contribution is 6.29. The highest BCUT2D eigenvalue weighted by Crippen LogP contribution is 2.04. The van der Waals surface area contributed by atoms with Crippen molar-refractivity contribution < 1.29 is 0 Å². The number of nitrogens with zero attached hydrogens (tertiary/aromatic N) is 4. The SMILES string of the molecule is CCc1nc(Cl)cc(=O)n1Cc1ncccn1. The largest absolute Gasteiger partial charge is 0.289 e. The van der Waals surface area contributed by atoms with Crippen LogP contribution in [0.1, 0.15) is 18.6 Å². The molecule has 2 aromatic rings. The molecule has 0 saturated heterocycles. The Morgan fingerprint density at radius 2 is 2.06 bits per heavy atom. The van der Waals surface area contributed by atoms with Gasteiger partial charge in [-0.15, -0.1) is 0 Å². The molecular formula is C11H11ClN4O. The summed E-state index contributed by atoms with van der Waals surface area (Å²) in [7, 11) is 0. The van der Waals surface area contributed by atoms with E-state index >= 15 is 0 Å². The number of hydrogen-bond acceptors (Lipinski definition) is 4. The van der Waals surface area contributed by atoms with Gasteiger partial charge in [0.1, 0.15) is 16.8 Å². The monoisotopic (exact) mass is 250 g/mol. The molecule has 0 fully saturated rings. The first-order valence-corrected chi connectivity index (χ1v) is 5.60. The molecule has 2 rings (SSSR count). The predicted octanol–water partition coefficient (Wildman–Crippen LogP) is 1.30. The fraction of sp³-hybridized carbons (Fsp3) is 0.273. The minimum absolute atomic E-state index is 0.186. The molecule has 0 aromatic carbocycles. The van der Waals surface area contributed by atoms with Crippen molar-refractivity contribution in [2.45, 2.75) is 19.9 Å². The van der Waals surface area contributed by atoms with Crippen LogP contribution in [0, 0.1) is 0 Å². The third-order valence-corrected chi connectivity index (χ3v) is 2.48. The van der Waals surface area contributed by atoms with Crippen LogP contribution in [0.2, 0.25) is 5.15 Å². The van der Waals surface area contributed by atoms with Crippen LogP contribution < -0.4 is 5.56 Å². The van der Waals surface area contributed by atoms with E-state index in [2.05, 4.69) is 15.0 Å². The van der Waals surface area contributed by atoms with E-state index in [1.54, 1.807) is 18.5 Å². The molecule has 0 unspecified atom stereocenters. The molecule has 0 aliphatic heterocycles. The van der Waals surface area contributed by atoms with Crippen molar-refractivity contribution in [2.75, 3.05) is 0 Å². The molecule has 0 amide bonds. The second-order valence-corrected chi connectivity index (χ2v) is 3.83. The number of aromatic nitrogens is 4. The quantitative estimate of drug-likeness (QED) is 0.771. The van der Waals surface area contributed by atoms with Crippen LogP contribution in [-0.4, -0.2) is 19.5 Å². The summed E-state index contributed by atoms with van der Waals surface area (Å²) in [5, 5.41) is 0.220. The molecule has 0 saturated carbocycles. The Morgan fingerprint density at radius 3 is 2.71 bits per heavy atom. The second kappa shape index (κ2) is 5.05. The lowest BCUT2D eigenvalue weighted by Gasteiger charge is -2.09. The molecule has 0 aliphatic rings. The van der Waals surface area contributed by atoms with Gasteiger partial charge in [-0.25, -0.2) is 15.0 Å². The summed E-state index contributed by atoms with van der Waals surface area (Å²) in [4.78, 5) is 24.1. The summed E-state index contributed by atoms with van der Waals surface area (Å²) in [6, 6.07) is 3.02. The van der Waals surface area contributed by atoms with Gasteiger partial charge in [0.15, 0.2) is 0 Å². The molecule has 0 N–H and O–H groups in total. The Hall–Kier alpha value is -1.75. The van der Waals surface area contributed by atoms with Crippen molar-refractivity contribution in [2.24, 2.45) is 0 Å². The normalized spacial score (nSPS) is 10.5. The van der Waals surface area contributed by atoms with E-state index < -0.39 is 0 Å². The molecule has 6 heteroatoms. The summed E-state index contributed by atoms with van der Waals surface area (Å²) in [5.41, 5.74) is -0.186. The van der Waals surface area contributed by atoms with Crippen LogP contribution in [0.3, 0.4) is 0 Å². The van der Waals surface area contributed by atoms with Gasteiger partial charge in [-0.05, 0) is 6.07 Å². The molecule has 2 heterocycles. The molecule has 17 heavy (non-hydrogen) atoms. The zero-order chi connectivity index (χ0) is 12.3. The smallest absolute Gasteiger partial charge is 0.255 e. The van der Waals surface area contributed by atoms with Gasteiger partial charge in [-0.3, -0.25) is 9.36 Å². The molecule has 0 aliphatic carbocycles. The first kappa shape index (κ1) is 11.7. The van der Waals surface area contributed by atoms with Crippen molar-refractivity contribution in [3.05, 3.63) is 51.7 Å². The summed E-state index contributed by atoms with van der Waals surface area (Å²) in [6.07, 6.45) is 3.91. The maximum Gasteiger partial charge on any atom is 0.255 e. The standard InChI is InChI=1S/C11H11ClN4O/c1-2-10-15-8(12)6-11(17)16(10)7-9-13-4-3-5-14-9/h3-6H,2,7H2,1H3. The van der Waals surface area contributed by atoms with E-state index in [0.29, 0.717) is 24.6 Å². The first-order valence-electron chi connectivity index (χ1n) is 5.23. The molecule has 0 bridgehead atoms. The maximum atomic E-state index is 11.8. The van der Waals surface area contributed by atoms with E-state index in [-0.39, 0.29) is 10.7 Å². The van der Waals surface area contributed by atoms with Gasteiger partial charge in [0.2, 0.25) is 0 Å². The van der Waals surface area contributed by atoms with Crippen molar-refractivity contribution >= 4 is 11.6 Å². The van der Waals surface area contributed by atoms with Crippen LogP contribution in [-0.2, 0) is 13.0 Å². The van der Waals surface area contributed by atoms with Crippen molar-refractivity contribution in [1.29, 1.82) is 0 Å². The summed E-state index contributed by atoms with van der Waals surface area (Å²) >= 11 is 5.75. The first-order chi connectivity index (χ1) is 8.20. The Morgan fingerprint density at radius 1 is 1.35 bits per heavy atom. The van der Waals surface area contributed by atoms with Gasteiger partial charge < -0.3 is 0 Å². The van der Waals surface area contributed by atoms with Gasteiger partial charge >= 0.3 is 0 Å². The Kier molecular flexibility index (Phi) is 3.49. The average molecular weight is 251 g/mol. The lowest BCUT2D eigenvalue weighted by Crippen LogP contribution is -2.25. The summed E-state index contributed by atoms with van der Waals surface area (Å²) in [5.74, 6) is 1.21. The third-order valence-electron chi connectivity index (χ3n) is 2.29. The van der Waals surface area contributed by atoms with Crippen LogP contribution in [0.4, 0.5) is 0 Å². The number of aryl methyl sites for hydroxylation is 1. The average Bonchev–Trinajstić information content (AvgIpc) is 2.33. The predicted molar refractivity (Wildman–Crippen MR) is 64.0 cm³/mol. The second-order valence-electron chi connectivity index (χ2n) is 3.44. The zero-order valence-electron chi connectivity index (χ0n) is 9.30. The van der Waals surface area contributed by atoms with Crippen molar-refractivity contribution in [1.82, 2.24) is 19.5 Å². The summed E-state index contributed by atoms with van der Waals surface area (Å²) < 4.78 is 1.53. The van der Waals surface area contributed by atoms with E-state index in [9.17, 15) is 4.79 Å². The van der Waals surface area contributed by atoms with Gasteiger partial charge in [0.25, 0.3) is 5.56 Å². The molecule has 0 atom stereocenters. The lowest BCUT2D eigenvalue weighted by atomic mass is 10.4. The lowest BCUT2D eigenvalue weighted by molar-refractivity contribution is 0.648. The van der Waals surface area contributed by atoms with Crippen molar-refractivity contribution in [3.8, 4) is 0 Å². The zero-order valence-corrected chi connectivity index (χ0v) is 10.1. The topological polar surface area (TPSA) is 60.7 Å². The number of hydrogen-bond donors (Lipinski definition) is 0. The highest BCUT2D eigenvalue weighted by atomic mass is 35.5. The van der Waals surface area contributed by atoms with Gasteiger partial charge in [0, 0.05) is 24.9 Å².